The highest BCUT2D eigenvalue weighted by molar-refractivity contribution is 5.91. The van der Waals surface area contributed by atoms with Crippen LogP contribution in [0.4, 0.5) is 34.1 Å². The molecular formula is C51H44N4. The first-order chi connectivity index (χ1) is 27.2. The van der Waals surface area contributed by atoms with Gasteiger partial charge in [0, 0.05) is 34.7 Å². The van der Waals surface area contributed by atoms with E-state index in [2.05, 4.69) is 166 Å². The summed E-state index contributed by atoms with van der Waals surface area (Å²) in [7, 11) is 0. The Morgan fingerprint density at radius 3 is 2.13 bits per heavy atom. The summed E-state index contributed by atoms with van der Waals surface area (Å²) in [5.74, 6) is 0. The second-order valence-electron chi connectivity index (χ2n) is 15.8. The van der Waals surface area contributed by atoms with E-state index in [9.17, 15) is 0 Å². The molecular weight excluding hydrogens is 669 g/mol. The van der Waals surface area contributed by atoms with Crippen molar-refractivity contribution in [3.63, 3.8) is 0 Å². The molecule has 11 rings (SSSR count). The van der Waals surface area contributed by atoms with Crippen LogP contribution in [0.2, 0.25) is 0 Å². The van der Waals surface area contributed by atoms with Crippen LogP contribution in [0.1, 0.15) is 72.9 Å². The monoisotopic (exact) mass is 712 g/mol. The standard InChI is InChI=1S/C51H44N4/c1-2-15-39(16-3-1)54-47-18-6-8-20-49(47)55(50-21-9-7-19-48(50)54)41-26-25-38(52-35-41)24-22-36-23-28-42-43-29-27-40(53-32-12-14-37-13-4-5-17-46(37)53)34-45(43)51(44(42)33-36)30-10-11-31-51/h1-8,13,15-20,22-29,33-35H,9-12,14,21,30-32H2/b24-22+. The molecule has 0 unspecified atom stereocenters. The summed E-state index contributed by atoms with van der Waals surface area (Å²) < 4.78 is 0. The smallest absolute Gasteiger partial charge is 0.0703 e. The van der Waals surface area contributed by atoms with Gasteiger partial charge in [0.1, 0.15) is 0 Å². The highest BCUT2D eigenvalue weighted by atomic mass is 15.3. The number of nitrogens with zero attached hydrogens (tertiary/aromatic N) is 4. The molecule has 5 aliphatic rings. The van der Waals surface area contributed by atoms with Crippen LogP contribution in [0, 0.1) is 0 Å². The molecule has 1 spiro atoms. The average Bonchev–Trinajstić information content (AvgIpc) is 3.85. The molecule has 1 saturated carbocycles. The van der Waals surface area contributed by atoms with E-state index in [0.717, 1.165) is 30.8 Å². The third kappa shape index (κ3) is 5.22. The number of pyridine rings is 1. The van der Waals surface area contributed by atoms with Crippen LogP contribution in [-0.4, -0.2) is 11.5 Å². The Hall–Kier alpha value is -6.13. The van der Waals surface area contributed by atoms with Gasteiger partial charge < -0.3 is 14.7 Å². The summed E-state index contributed by atoms with van der Waals surface area (Å²) in [6, 6.07) is 47.3. The average molecular weight is 713 g/mol. The molecule has 2 aliphatic heterocycles. The van der Waals surface area contributed by atoms with E-state index in [-0.39, 0.29) is 5.41 Å². The van der Waals surface area contributed by atoms with Gasteiger partial charge in [-0.15, -0.1) is 0 Å². The molecule has 3 aliphatic carbocycles. The number of aryl methyl sites for hydroxylation is 1. The van der Waals surface area contributed by atoms with Crippen molar-refractivity contribution in [1.29, 1.82) is 0 Å². The molecule has 5 aromatic carbocycles. The number of para-hydroxylation sites is 4. The Morgan fingerprint density at radius 2 is 1.31 bits per heavy atom. The highest BCUT2D eigenvalue weighted by Crippen LogP contribution is 2.58. The lowest BCUT2D eigenvalue weighted by Crippen LogP contribution is -2.32. The fourth-order valence-corrected chi connectivity index (χ4v) is 10.2. The SMILES string of the molecule is C1=CC2=C(CC1)N(c1ccc(/C=C/c3ccc4c(c3)C3(CCCC3)c3cc(N5CCCc6ccccc65)ccc3-4)nc1)c1ccccc1N2c1ccccc1. The summed E-state index contributed by atoms with van der Waals surface area (Å²) in [5.41, 5.74) is 19.5. The number of hydrogen-bond donors (Lipinski definition) is 0. The highest BCUT2D eigenvalue weighted by Gasteiger charge is 2.45. The molecule has 268 valence electrons. The summed E-state index contributed by atoms with van der Waals surface area (Å²) in [5, 5.41) is 0. The molecule has 0 atom stereocenters. The zero-order valence-corrected chi connectivity index (χ0v) is 31.2. The Balaban J connectivity index is 0.896. The normalized spacial score (nSPS) is 17.7. The lowest BCUT2D eigenvalue weighted by molar-refractivity contribution is 0.549. The van der Waals surface area contributed by atoms with Crippen molar-refractivity contribution in [3.8, 4) is 11.1 Å². The quantitative estimate of drug-likeness (QED) is 0.177. The first-order valence-electron chi connectivity index (χ1n) is 20.2. The molecule has 0 saturated heterocycles. The first-order valence-corrected chi connectivity index (χ1v) is 20.2. The largest absolute Gasteiger partial charge is 0.341 e. The Morgan fingerprint density at radius 1 is 0.582 bits per heavy atom. The Labute approximate surface area is 324 Å². The van der Waals surface area contributed by atoms with Crippen molar-refractivity contribution < 1.29 is 0 Å². The van der Waals surface area contributed by atoms with E-state index in [1.165, 1.54) is 112 Å². The number of rotatable bonds is 5. The van der Waals surface area contributed by atoms with Crippen LogP contribution in [0.15, 0.2) is 157 Å². The number of benzene rings is 5. The second-order valence-corrected chi connectivity index (χ2v) is 15.8. The van der Waals surface area contributed by atoms with Crippen molar-refractivity contribution in [1.82, 2.24) is 4.98 Å². The molecule has 1 fully saturated rings. The molecule has 3 heterocycles. The van der Waals surface area contributed by atoms with Crippen molar-refractivity contribution in [2.45, 2.75) is 56.8 Å². The molecule has 0 bridgehead atoms. The van der Waals surface area contributed by atoms with E-state index < -0.39 is 0 Å². The minimum absolute atomic E-state index is 0.0996. The maximum Gasteiger partial charge on any atom is 0.0703 e. The van der Waals surface area contributed by atoms with E-state index in [4.69, 9.17) is 4.98 Å². The van der Waals surface area contributed by atoms with Gasteiger partial charge in [-0.25, -0.2) is 0 Å². The molecule has 1 aromatic heterocycles. The molecule has 0 amide bonds. The van der Waals surface area contributed by atoms with E-state index in [1.54, 1.807) is 0 Å². The number of fused-ring (bicyclic) bond motifs is 7. The van der Waals surface area contributed by atoms with Crippen molar-refractivity contribution in [3.05, 3.63) is 185 Å². The third-order valence-corrected chi connectivity index (χ3v) is 12.7. The number of hydrogen-bond acceptors (Lipinski definition) is 4. The van der Waals surface area contributed by atoms with Gasteiger partial charge in [-0.2, -0.15) is 0 Å². The minimum Gasteiger partial charge on any atom is -0.341 e. The lowest BCUT2D eigenvalue weighted by Gasteiger charge is -2.42. The van der Waals surface area contributed by atoms with Gasteiger partial charge in [-0.05, 0) is 139 Å². The topological polar surface area (TPSA) is 22.6 Å². The number of aromatic nitrogens is 1. The first kappa shape index (κ1) is 32.3. The molecule has 0 radical (unpaired) electrons. The van der Waals surface area contributed by atoms with Crippen molar-refractivity contribution in [2.24, 2.45) is 0 Å². The van der Waals surface area contributed by atoms with Crippen molar-refractivity contribution >= 4 is 46.3 Å². The van der Waals surface area contributed by atoms with Crippen LogP contribution >= 0.6 is 0 Å². The molecule has 4 heteroatoms. The van der Waals surface area contributed by atoms with Gasteiger partial charge in [0.15, 0.2) is 0 Å². The number of anilines is 6. The van der Waals surface area contributed by atoms with Gasteiger partial charge in [-0.1, -0.05) is 97.8 Å². The summed E-state index contributed by atoms with van der Waals surface area (Å²) in [6.45, 7) is 1.08. The van der Waals surface area contributed by atoms with E-state index in [0.29, 0.717) is 0 Å². The van der Waals surface area contributed by atoms with E-state index in [1.807, 2.05) is 6.20 Å². The summed E-state index contributed by atoms with van der Waals surface area (Å²) >= 11 is 0. The number of allylic oxidation sites excluding steroid dienone is 3. The van der Waals surface area contributed by atoms with Crippen LogP contribution in [-0.2, 0) is 11.8 Å². The lowest BCUT2D eigenvalue weighted by atomic mass is 9.76. The van der Waals surface area contributed by atoms with Crippen LogP contribution in [0.25, 0.3) is 23.3 Å². The van der Waals surface area contributed by atoms with Gasteiger partial charge in [0.25, 0.3) is 0 Å². The van der Waals surface area contributed by atoms with Gasteiger partial charge in [0.2, 0.25) is 0 Å². The third-order valence-electron chi connectivity index (χ3n) is 12.7. The van der Waals surface area contributed by atoms with E-state index >= 15 is 0 Å². The fourth-order valence-electron chi connectivity index (χ4n) is 10.2. The molecule has 0 N–H and O–H groups in total. The van der Waals surface area contributed by atoms with Crippen molar-refractivity contribution in [2.75, 3.05) is 21.2 Å². The van der Waals surface area contributed by atoms with Crippen LogP contribution in [0.5, 0.6) is 0 Å². The predicted molar refractivity (Wildman–Crippen MR) is 229 cm³/mol. The fraction of sp³-hybridized carbons (Fsp3) is 0.196. The zero-order chi connectivity index (χ0) is 36.3. The Kier molecular flexibility index (Phi) is 7.65. The molecule has 6 aromatic rings. The minimum atomic E-state index is 0.0996. The summed E-state index contributed by atoms with van der Waals surface area (Å²) in [4.78, 5) is 12.4. The second kappa shape index (κ2) is 13.0. The maximum atomic E-state index is 5.02. The predicted octanol–water partition coefficient (Wildman–Crippen LogP) is 13.0. The summed E-state index contributed by atoms with van der Waals surface area (Å²) in [6.07, 6.45) is 20.4. The maximum absolute atomic E-state index is 5.02. The zero-order valence-electron chi connectivity index (χ0n) is 31.2. The van der Waals surface area contributed by atoms with Crippen LogP contribution in [0.3, 0.4) is 0 Å². The molecule has 55 heavy (non-hydrogen) atoms. The Bertz CT molecular complexity index is 2540. The molecule has 4 nitrogen and oxygen atoms in total. The van der Waals surface area contributed by atoms with Gasteiger partial charge >= 0.3 is 0 Å². The van der Waals surface area contributed by atoms with Crippen LogP contribution < -0.4 is 14.7 Å². The van der Waals surface area contributed by atoms with Gasteiger partial charge in [-0.3, -0.25) is 4.98 Å². The van der Waals surface area contributed by atoms with Gasteiger partial charge in [0.05, 0.1) is 34.6 Å².